The molecule has 3 aromatic heterocycles. The molecule has 0 bridgehead atoms. The summed E-state index contributed by atoms with van der Waals surface area (Å²) in [5.74, 6) is 1.32. The maximum absolute atomic E-state index is 12.6. The number of benzene rings is 2. The van der Waals surface area contributed by atoms with Gasteiger partial charge in [-0.1, -0.05) is 23.7 Å². The van der Waals surface area contributed by atoms with Crippen LogP contribution >= 0.6 is 34.3 Å². The third-order valence-electron chi connectivity index (χ3n) is 6.83. The van der Waals surface area contributed by atoms with E-state index in [4.69, 9.17) is 21.1 Å². The van der Waals surface area contributed by atoms with Gasteiger partial charge in [-0.05, 0) is 42.8 Å². The summed E-state index contributed by atoms with van der Waals surface area (Å²) in [7, 11) is 0. The smallest absolute Gasteiger partial charge is 0.224 e. The lowest BCUT2D eigenvalue weighted by Gasteiger charge is -2.26. The maximum atomic E-state index is 12.6. The molecule has 0 spiro atoms. The van der Waals surface area contributed by atoms with Crippen molar-refractivity contribution in [1.82, 2.24) is 25.2 Å². The van der Waals surface area contributed by atoms with Gasteiger partial charge in [0.2, 0.25) is 5.91 Å². The van der Waals surface area contributed by atoms with Crippen molar-refractivity contribution in [3.63, 3.8) is 0 Å². The van der Waals surface area contributed by atoms with Crippen molar-refractivity contribution in [1.29, 1.82) is 0 Å². The van der Waals surface area contributed by atoms with E-state index in [1.165, 1.54) is 11.3 Å². The Morgan fingerprint density at radius 2 is 2.02 bits per heavy atom. The molecule has 212 valence electrons. The van der Waals surface area contributed by atoms with Gasteiger partial charge in [-0.15, -0.1) is 22.7 Å². The molecule has 6 rings (SSSR count). The summed E-state index contributed by atoms with van der Waals surface area (Å²) < 4.78 is 12.3. The predicted molar refractivity (Wildman–Crippen MR) is 165 cm³/mol. The van der Waals surface area contributed by atoms with Crippen LogP contribution < -0.4 is 15.4 Å². The van der Waals surface area contributed by atoms with Gasteiger partial charge in [0, 0.05) is 40.8 Å². The second-order valence-corrected chi connectivity index (χ2v) is 11.9. The minimum Gasteiger partial charge on any atom is -0.486 e. The average Bonchev–Trinajstić information content (AvgIpc) is 3.63. The van der Waals surface area contributed by atoms with E-state index in [9.17, 15) is 4.79 Å². The zero-order chi connectivity index (χ0) is 28.0. The lowest BCUT2D eigenvalue weighted by Crippen LogP contribution is -2.38. The van der Waals surface area contributed by atoms with E-state index in [0.29, 0.717) is 36.2 Å². The molecule has 2 aromatic carbocycles. The number of nitrogens with zero attached hydrogens (tertiary/aromatic N) is 4. The number of amides is 1. The minimum absolute atomic E-state index is 0.0328. The van der Waals surface area contributed by atoms with Crippen molar-refractivity contribution < 1.29 is 14.3 Å². The molecule has 0 atom stereocenters. The van der Waals surface area contributed by atoms with Gasteiger partial charge in [-0.25, -0.2) is 15.0 Å². The minimum atomic E-state index is 0.0328. The first-order valence-electron chi connectivity index (χ1n) is 13.4. The summed E-state index contributed by atoms with van der Waals surface area (Å²) in [4.78, 5) is 29.1. The standard InChI is InChI=1S/C29H29ClN6O3S2/c30-23-14-20(3-5-24(23)39-15-21-16-40-18-34-21)35-28-27-22-4-2-19(12-25(22)41-29(27)33-17-32-28)13-26(37)31-6-1-7-36-8-10-38-11-9-36/h2-5,12,14,16-18H,1,6-11,13,15H2,(H,31,37)(H,32,33,35). The first kappa shape index (κ1) is 27.8. The van der Waals surface area contributed by atoms with Gasteiger partial charge in [0.25, 0.3) is 0 Å². The van der Waals surface area contributed by atoms with Gasteiger partial charge >= 0.3 is 0 Å². The van der Waals surface area contributed by atoms with E-state index in [2.05, 4.69) is 36.6 Å². The van der Waals surface area contributed by atoms with Crippen LogP contribution in [0, 0.1) is 0 Å². The summed E-state index contributed by atoms with van der Waals surface area (Å²) >= 11 is 9.62. The van der Waals surface area contributed by atoms with Crippen LogP contribution in [0.2, 0.25) is 5.02 Å². The van der Waals surface area contributed by atoms with Crippen LogP contribution in [0.3, 0.4) is 0 Å². The first-order valence-corrected chi connectivity index (χ1v) is 15.6. The van der Waals surface area contributed by atoms with Crippen molar-refractivity contribution in [2.75, 3.05) is 44.7 Å². The van der Waals surface area contributed by atoms with E-state index < -0.39 is 0 Å². The van der Waals surface area contributed by atoms with Gasteiger partial charge in [0.05, 0.1) is 41.2 Å². The monoisotopic (exact) mass is 608 g/mol. The van der Waals surface area contributed by atoms with Crippen LogP contribution in [0.1, 0.15) is 17.7 Å². The Morgan fingerprint density at radius 1 is 1.12 bits per heavy atom. The number of thiophene rings is 1. The lowest BCUT2D eigenvalue weighted by molar-refractivity contribution is -0.120. The number of ether oxygens (including phenoxy) is 2. The first-order chi connectivity index (χ1) is 20.1. The Kier molecular flexibility index (Phi) is 8.88. The van der Waals surface area contributed by atoms with Crippen LogP contribution in [0.15, 0.2) is 53.6 Å². The Labute approximate surface area is 250 Å². The maximum Gasteiger partial charge on any atom is 0.224 e. The molecule has 0 radical (unpaired) electrons. The number of nitrogens with one attached hydrogen (secondary N) is 2. The highest BCUT2D eigenvalue weighted by Gasteiger charge is 2.15. The second kappa shape index (κ2) is 13.1. The number of carbonyl (C=O) groups excluding carboxylic acids is 1. The molecule has 0 aliphatic carbocycles. The largest absolute Gasteiger partial charge is 0.486 e. The van der Waals surface area contributed by atoms with E-state index in [-0.39, 0.29) is 5.91 Å². The number of morpholine rings is 1. The number of thiazole rings is 1. The van der Waals surface area contributed by atoms with E-state index in [1.807, 2.05) is 35.7 Å². The van der Waals surface area contributed by atoms with Crippen molar-refractivity contribution in [3.8, 4) is 5.75 Å². The third-order valence-corrected chi connectivity index (χ3v) is 8.82. The quantitative estimate of drug-likeness (QED) is 0.185. The highest BCUT2D eigenvalue weighted by atomic mass is 35.5. The molecule has 9 nitrogen and oxygen atoms in total. The fraction of sp³-hybridized carbons (Fsp3) is 0.310. The van der Waals surface area contributed by atoms with Crippen LogP contribution in [0.25, 0.3) is 20.3 Å². The van der Waals surface area contributed by atoms with Gasteiger partial charge in [-0.2, -0.15) is 0 Å². The molecular formula is C29H29ClN6O3S2. The molecule has 1 amide bonds. The summed E-state index contributed by atoms with van der Waals surface area (Å²) in [5, 5.41) is 10.9. The zero-order valence-corrected chi connectivity index (χ0v) is 24.7. The molecule has 41 heavy (non-hydrogen) atoms. The summed E-state index contributed by atoms with van der Waals surface area (Å²) in [6.45, 7) is 5.54. The number of anilines is 2. The Morgan fingerprint density at radius 3 is 2.85 bits per heavy atom. The molecule has 1 aliphatic rings. The average molecular weight is 609 g/mol. The summed E-state index contributed by atoms with van der Waals surface area (Å²) in [6, 6.07) is 11.7. The molecule has 1 aliphatic heterocycles. The van der Waals surface area contributed by atoms with E-state index in [0.717, 1.165) is 76.5 Å². The highest BCUT2D eigenvalue weighted by Crippen LogP contribution is 2.38. The molecule has 0 unspecified atom stereocenters. The predicted octanol–water partition coefficient (Wildman–Crippen LogP) is 5.66. The van der Waals surface area contributed by atoms with Gasteiger partial charge in [0.1, 0.15) is 29.3 Å². The molecule has 1 fully saturated rings. The van der Waals surface area contributed by atoms with Crippen molar-refractivity contribution >= 4 is 72.0 Å². The van der Waals surface area contributed by atoms with E-state index >= 15 is 0 Å². The van der Waals surface area contributed by atoms with E-state index in [1.54, 1.807) is 23.2 Å². The summed E-state index contributed by atoms with van der Waals surface area (Å²) in [6.07, 6.45) is 2.83. The molecule has 1 saturated heterocycles. The number of halogens is 1. The SMILES string of the molecule is O=C(Cc1ccc2c(c1)sc1ncnc(Nc3ccc(OCc4cscn4)c(Cl)c3)c12)NCCCN1CCOCC1. The molecule has 12 heteroatoms. The Hall–Kier alpha value is -3.35. The third kappa shape index (κ3) is 6.94. The zero-order valence-electron chi connectivity index (χ0n) is 22.3. The van der Waals surface area contributed by atoms with Crippen LogP contribution in [0.5, 0.6) is 5.75 Å². The fourth-order valence-corrected chi connectivity index (χ4v) is 6.64. The highest BCUT2D eigenvalue weighted by molar-refractivity contribution is 7.25. The molecule has 2 N–H and O–H groups in total. The van der Waals surface area contributed by atoms with Crippen molar-refractivity contribution in [2.24, 2.45) is 0 Å². The van der Waals surface area contributed by atoms with Gasteiger partial charge in [0.15, 0.2) is 0 Å². The molecular weight excluding hydrogens is 580 g/mol. The van der Waals surface area contributed by atoms with Crippen LogP contribution in [-0.2, 0) is 22.6 Å². The summed E-state index contributed by atoms with van der Waals surface area (Å²) in [5.41, 5.74) is 4.40. The number of carbonyl (C=O) groups is 1. The number of hydrogen-bond donors (Lipinski definition) is 2. The Bertz CT molecular complexity index is 1640. The molecule has 4 heterocycles. The van der Waals surface area contributed by atoms with Crippen LogP contribution in [0.4, 0.5) is 11.5 Å². The normalized spacial score (nSPS) is 14.0. The fourth-order valence-electron chi connectivity index (χ4n) is 4.75. The molecule has 0 saturated carbocycles. The second-order valence-electron chi connectivity index (χ2n) is 9.71. The Balaban J connectivity index is 1.10. The van der Waals surface area contributed by atoms with Crippen LogP contribution in [-0.4, -0.2) is 65.2 Å². The number of hydrogen-bond acceptors (Lipinski definition) is 10. The van der Waals surface area contributed by atoms with Gasteiger partial charge < -0.3 is 20.1 Å². The number of rotatable bonds is 11. The van der Waals surface area contributed by atoms with Crippen molar-refractivity contribution in [2.45, 2.75) is 19.4 Å². The lowest BCUT2D eigenvalue weighted by atomic mass is 10.1. The number of fused-ring (bicyclic) bond motifs is 3. The molecule has 5 aromatic rings. The van der Waals surface area contributed by atoms with Crippen molar-refractivity contribution in [3.05, 3.63) is 69.9 Å². The topological polar surface area (TPSA) is 102 Å². The van der Waals surface area contributed by atoms with Gasteiger partial charge in [-0.3, -0.25) is 9.69 Å². The number of aromatic nitrogens is 3.